The highest BCUT2D eigenvalue weighted by Crippen LogP contribution is 2.33. The summed E-state index contributed by atoms with van der Waals surface area (Å²) in [6.07, 6.45) is 0.580. The Morgan fingerprint density at radius 1 is 1.53 bits per heavy atom. The predicted octanol–water partition coefficient (Wildman–Crippen LogP) is 2.39. The molecule has 2 aromatic rings. The maximum absolute atomic E-state index is 11.2. The normalized spacial score (nSPS) is 10.7. The van der Waals surface area contributed by atoms with E-state index in [1.807, 2.05) is 6.92 Å². The number of halogens is 1. The zero-order valence-corrected chi connectivity index (χ0v) is 12.0. The van der Waals surface area contributed by atoms with E-state index in [9.17, 15) is 10.1 Å². The van der Waals surface area contributed by atoms with Crippen LogP contribution >= 0.6 is 15.9 Å². The van der Waals surface area contributed by atoms with Crippen molar-refractivity contribution in [3.05, 3.63) is 38.0 Å². The van der Waals surface area contributed by atoms with Gasteiger partial charge in [0.05, 0.1) is 15.1 Å². The molecule has 1 aromatic carbocycles. The van der Waals surface area contributed by atoms with Crippen LogP contribution in [-0.2, 0) is 6.42 Å². The third kappa shape index (κ3) is 2.30. The molecule has 2 rings (SSSR count). The van der Waals surface area contributed by atoms with Gasteiger partial charge in [0.1, 0.15) is 0 Å². The molecule has 0 aliphatic rings. The molecular weight excluding hydrogens is 314 g/mol. The van der Waals surface area contributed by atoms with Crippen molar-refractivity contribution in [3.8, 4) is 5.69 Å². The van der Waals surface area contributed by atoms with Crippen LogP contribution in [-0.4, -0.2) is 19.9 Å². The zero-order chi connectivity index (χ0) is 14.2. The van der Waals surface area contributed by atoms with Gasteiger partial charge in [-0.25, -0.2) is 4.68 Å². The Labute approximate surface area is 117 Å². The van der Waals surface area contributed by atoms with E-state index in [4.69, 9.17) is 5.73 Å². The van der Waals surface area contributed by atoms with E-state index in [0.29, 0.717) is 22.3 Å². The number of anilines is 1. The van der Waals surface area contributed by atoms with Crippen molar-refractivity contribution in [2.24, 2.45) is 0 Å². The Hall–Kier alpha value is -1.96. The molecule has 0 aliphatic carbocycles. The molecular formula is C11H12BrN5O2. The van der Waals surface area contributed by atoms with Gasteiger partial charge < -0.3 is 5.73 Å². The van der Waals surface area contributed by atoms with Crippen molar-refractivity contribution in [2.75, 3.05) is 5.73 Å². The lowest BCUT2D eigenvalue weighted by molar-refractivity contribution is -0.384. The van der Waals surface area contributed by atoms with Gasteiger partial charge in [0.15, 0.2) is 11.5 Å². The van der Waals surface area contributed by atoms with Gasteiger partial charge in [-0.15, -0.1) is 5.10 Å². The lowest BCUT2D eigenvalue weighted by Crippen LogP contribution is -2.07. The minimum absolute atomic E-state index is 0.0357. The van der Waals surface area contributed by atoms with Crippen LogP contribution in [0.15, 0.2) is 16.6 Å². The van der Waals surface area contributed by atoms with Crippen molar-refractivity contribution in [1.29, 1.82) is 0 Å². The van der Waals surface area contributed by atoms with Crippen LogP contribution < -0.4 is 5.73 Å². The number of nitro groups is 1. The number of aryl methyl sites for hydroxylation is 1. The van der Waals surface area contributed by atoms with E-state index in [0.717, 1.165) is 5.56 Å². The van der Waals surface area contributed by atoms with Gasteiger partial charge in [-0.1, -0.05) is 12.1 Å². The van der Waals surface area contributed by atoms with Gasteiger partial charge in [0.2, 0.25) is 0 Å². The van der Waals surface area contributed by atoms with Gasteiger partial charge in [0, 0.05) is 6.07 Å². The third-order valence-electron chi connectivity index (χ3n) is 2.72. The largest absolute Gasteiger partial charge is 0.381 e. The summed E-state index contributed by atoms with van der Waals surface area (Å²) in [4.78, 5) is 10.8. The van der Waals surface area contributed by atoms with E-state index in [1.165, 1.54) is 10.7 Å². The summed E-state index contributed by atoms with van der Waals surface area (Å²) in [5.41, 5.74) is 7.46. The lowest BCUT2D eigenvalue weighted by Gasteiger charge is -2.09. The van der Waals surface area contributed by atoms with E-state index in [1.54, 1.807) is 13.0 Å². The minimum atomic E-state index is -0.440. The number of aromatic nitrogens is 3. The second-order valence-electron chi connectivity index (χ2n) is 4.06. The van der Waals surface area contributed by atoms with Crippen LogP contribution in [0.3, 0.4) is 0 Å². The molecule has 8 heteroatoms. The monoisotopic (exact) mass is 325 g/mol. The van der Waals surface area contributed by atoms with Crippen molar-refractivity contribution in [2.45, 2.75) is 20.3 Å². The quantitative estimate of drug-likeness (QED) is 0.689. The Balaban J connectivity index is 2.77. The maximum atomic E-state index is 11.2. The van der Waals surface area contributed by atoms with Gasteiger partial charge in [0.25, 0.3) is 5.69 Å². The Morgan fingerprint density at radius 3 is 2.79 bits per heavy atom. The number of hydrogen-bond acceptors (Lipinski definition) is 5. The fraction of sp³-hybridized carbons (Fsp3) is 0.273. The molecule has 2 N–H and O–H groups in total. The molecule has 19 heavy (non-hydrogen) atoms. The SMILES string of the molecule is CCc1c(N)nnn1-c1c(Br)cc(C)cc1[N+](=O)[O-]. The van der Waals surface area contributed by atoms with Gasteiger partial charge in [-0.2, -0.15) is 0 Å². The standard InChI is InChI=1S/C11H12BrN5O2/c1-3-8-11(13)14-15-16(8)10-7(12)4-6(2)5-9(10)17(18)19/h4-5H,3,13H2,1-2H3. The second-order valence-corrected chi connectivity index (χ2v) is 4.91. The molecule has 0 atom stereocenters. The minimum Gasteiger partial charge on any atom is -0.381 e. The molecule has 0 amide bonds. The van der Waals surface area contributed by atoms with Crippen molar-refractivity contribution < 1.29 is 4.92 Å². The first-order valence-corrected chi connectivity index (χ1v) is 6.40. The molecule has 1 heterocycles. The molecule has 7 nitrogen and oxygen atoms in total. The average molecular weight is 326 g/mol. The van der Waals surface area contributed by atoms with E-state index in [-0.39, 0.29) is 11.5 Å². The van der Waals surface area contributed by atoms with Crippen LogP contribution in [0.5, 0.6) is 0 Å². The molecule has 0 bridgehead atoms. The smallest absolute Gasteiger partial charge is 0.296 e. The first kappa shape index (κ1) is 13.5. The average Bonchev–Trinajstić information content (AvgIpc) is 2.69. The summed E-state index contributed by atoms with van der Waals surface area (Å²) in [5, 5.41) is 18.9. The van der Waals surface area contributed by atoms with Gasteiger partial charge in [-0.3, -0.25) is 10.1 Å². The predicted molar refractivity (Wildman–Crippen MR) is 74.2 cm³/mol. The number of hydrogen-bond donors (Lipinski definition) is 1. The van der Waals surface area contributed by atoms with Crippen molar-refractivity contribution >= 4 is 27.4 Å². The molecule has 0 aliphatic heterocycles. The van der Waals surface area contributed by atoms with Crippen LogP contribution in [0.1, 0.15) is 18.2 Å². The number of nitro benzene ring substituents is 1. The van der Waals surface area contributed by atoms with Gasteiger partial charge in [-0.05, 0) is 40.9 Å². The summed E-state index contributed by atoms with van der Waals surface area (Å²) >= 11 is 3.34. The van der Waals surface area contributed by atoms with Crippen molar-refractivity contribution in [1.82, 2.24) is 15.0 Å². The van der Waals surface area contributed by atoms with Crippen molar-refractivity contribution in [3.63, 3.8) is 0 Å². The maximum Gasteiger partial charge on any atom is 0.296 e. The summed E-state index contributed by atoms with van der Waals surface area (Å²) in [6, 6.07) is 3.29. The molecule has 0 saturated carbocycles. The van der Waals surface area contributed by atoms with E-state index in [2.05, 4.69) is 26.2 Å². The molecule has 100 valence electrons. The number of rotatable bonds is 3. The summed E-state index contributed by atoms with van der Waals surface area (Å²) in [6.45, 7) is 3.68. The number of nitrogens with zero attached hydrogens (tertiary/aromatic N) is 4. The highest BCUT2D eigenvalue weighted by atomic mass is 79.9. The molecule has 0 unspecified atom stereocenters. The highest BCUT2D eigenvalue weighted by Gasteiger charge is 2.23. The Kier molecular flexibility index (Phi) is 3.52. The third-order valence-corrected chi connectivity index (χ3v) is 3.33. The molecule has 0 saturated heterocycles. The van der Waals surface area contributed by atoms with Gasteiger partial charge >= 0.3 is 0 Å². The van der Waals surface area contributed by atoms with Crippen LogP contribution in [0.25, 0.3) is 5.69 Å². The summed E-state index contributed by atoms with van der Waals surface area (Å²) < 4.78 is 2.00. The highest BCUT2D eigenvalue weighted by molar-refractivity contribution is 9.10. The number of benzene rings is 1. The van der Waals surface area contributed by atoms with E-state index >= 15 is 0 Å². The number of nitrogen functional groups attached to an aromatic ring is 1. The molecule has 0 fully saturated rings. The first-order chi connectivity index (χ1) is 8.95. The van der Waals surface area contributed by atoms with E-state index < -0.39 is 4.92 Å². The molecule has 0 radical (unpaired) electrons. The molecule has 1 aromatic heterocycles. The summed E-state index contributed by atoms with van der Waals surface area (Å²) in [7, 11) is 0. The molecule has 0 spiro atoms. The first-order valence-electron chi connectivity index (χ1n) is 5.60. The summed E-state index contributed by atoms with van der Waals surface area (Å²) in [5.74, 6) is 0.282. The zero-order valence-electron chi connectivity index (χ0n) is 10.4. The number of nitrogens with two attached hydrogens (primary N) is 1. The second kappa shape index (κ2) is 4.96. The Morgan fingerprint density at radius 2 is 2.21 bits per heavy atom. The lowest BCUT2D eigenvalue weighted by atomic mass is 10.2. The fourth-order valence-electron chi connectivity index (χ4n) is 1.89. The Bertz CT molecular complexity index is 653. The fourth-order valence-corrected chi connectivity index (χ4v) is 2.62. The topological polar surface area (TPSA) is 99.9 Å². The van der Waals surface area contributed by atoms with Crippen LogP contribution in [0.4, 0.5) is 11.5 Å². The van der Waals surface area contributed by atoms with Crippen LogP contribution in [0, 0.1) is 17.0 Å². The van der Waals surface area contributed by atoms with Crippen LogP contribution in [0.2, 0.25) is 0 Å².